The van der Waals surface area contributed by atoms with Gasteiger partial charge in [0, 0.05) is 49.0 Å². The molecule has 4 heterocycles. The first kappa shape index (κ1) is 16.4. The Morgan fingerprint density at radius 1 is 0.926 bits per heavy atom. The number of imidazole rings is 1. The van der Waals surface area contributed by atoms with Gasteiger partial charge in [0.2, 0.25) is 0 Å². The van der Waals surface area contributed by atoms with Gasteiger partial charge in [0.25, 0.3) is 0 Å². The van der Waals surface area contributed by atoms with Crippen LogP contribution in [0, 0.1) is 5.92 Å². The highest BCUT2D eigenvalue weighted by atomic mass is 16.3. The Morgan fingerprint density at radius 3 is 2.74 bits per heavy atom. The number of fused-ring (bicyclic) bond motifs is 2. The Kier molecular flexibility index (Phi) is 4.11. The number of pyridine rings is 2. The van der Waals surface area contributed by atoms with Crippen molar-refractivity contribution in [2.24, 2.45) is 5.92 Å². The summed E-state index contributed by atoms with van der Waals surface area (Å²) in [6, 6.07) is 18.4. The monoisotopic (exact) mass is 358 g/mol. The van der Waals surface area contributed by atoms with Crippen molar-refractivity contribution < 1.29 is 5.11 Å². The Labute approximate surface area is 157 Å². The average Bonchev–Trinajstić information content (AvgIpc) is 3.24. The van der Waals surface area contributed by atoms with Gasteiger partial charge in [-0.25, -0.2) is 4.98 Å². The van der Waals surface area contributed by atoms with E-state index in [0.29, 0.717) is 6.54 Å². The minimum atomic E-state index is -0.324. The van der Waals surface area contributed by atoms with E-state index < -0.39 is 0 Å². The fourth-order valence-electron chi connectivity index (χ4n) is 4.05. The number of para-hydroxylation sites is 1. The van der Waals surface area contributed by atoms with Crippen LogP contribution in [0.1, 0.15) is 11.4 Å². The Balaban J connectivity index is 1.28. The van der Waals surface area contributed by atoms with Crippen LogP contribution in [-0.4, -0.2) is 43.6 Å². The van der Waals surface area contributed by atoms with Crippen LogP contribution < -0.4 is 0 Å². The van der Waals surface area contributed by atoms with Crippen LogP contribution in [0.3, 0.4) is 0 Å². The molecule has 5 rings (SSSR count). The van der Waals surface area contributed by atoms with Gasteiger partial charge in [0.15, 0.2) is 0 Å². The van der Waals surface area contributed by atoms with E-state index in [1.54, 1.807) is 0 Å². The Morgan fingerprint density at radius 2 is 1.81 bits per heavy atom. The van der Waals surface area contributed by atoms with Crippen molar-refractivity contribution in [1.29, 1.82) is 0 Å². The predicted octanol–water partition coefficient (Wildman–Crippen LogP) is 2.92. The van der Waals surface area contributed by atoms with Crippen LogP contribution in [-0.2, 0) is 13.0 Å². The highest BCUT2D eigenvalue weighted by Gasteiger charge is 2.31. The molecule has 1 N–H and O–H groups in total. The number of likely N-dealkylation sites (tertiary alicyclic amines) is 1. The molecule has 0 aliphatic carbocycles. The maximum atomic E-state index is 10.6. The number of hydrogen-bond donors (Lipinski definition) is 1. The first-order valence-electron chi connectivity index (χ1n) is 9.42. The largest absolute Gasteiger partial charge is 0.391 e. The fraction of sp³-hybridized carbons (Fsp3) is 0.273. The summed E-state index contributed by atoms with van der Waals surface area (Å²) in [4.78, 5) is 11.7. The molecule has 5 nitrogen and oxygen atoms in total. The summed E-state index contributed by atoms with van der Waals surface area (Å²) in [7, 11) is 0. The number of aliphatic hydroxyl groups is 1. The van der Waals surface area contributed by atoms with E-state index in [1.165, 1.54) is 0 Å². The molecule has 5 heteroatoms. The van der Waals surface area contributed by atoms with E-state index in [4.69, 9.17) is 4.98 Å². The van der Waals surface area contributed by atoms with Crippen LogP contribution in [0.25, 0.3) is 16.6 Å². The quantitative estimate of drug-likeness (QED) is 0.609. The third-order valence-corrected chi connectivity index (χ3v) is 5.41. The molecule has 0 spiro atoms. The number of aromatic nitrogens is 3. The predicted molar refractivity (Wildman–Crippen MR) is 105 cm³/mol. The maximum Gasteiger partial charge on any atom is 0.137 e. The lowest BCUT2D eigenvalue weighted by Gasteiger charge is -2.14. The summed E-state index contributed by atoms with van der Waals surface area (Å²) in [6.07, 6.45) is 4.56. The van der Waals surface area contributed by atoms with Crippen LogP contribution in [0.15, 0.2) is 67.0 Å². The summed E-state index contributed by atoms with van der Waals surface area (Å²) >= 11 is 0. The van der Waals surface area contributed by atoms with Gasteiger partial charge in [0.05, 0.1) is 17.3 Å². The van der Waals surface area contributed by atoms with Gasteiger partial charge in [0.1, 0.15) is 5.65 Å². The number of aliphatic hydroxyl groups excluding tert-OH is 1. The van der Waals surface area contributed by atoms with E-state index in [9.17, 15) is 5.11 Å². The van der Waals surface area contributed by atoms with Crippen LogP contribution in [0.2, 0.25) is 0 Å². The third-order valence-electron chi connectivity index (χ3n) is 5.41. The minimum Gasteiger partial charge on any atom is -0.391 e. The van der Waals surface area contributed by atoms with Crippen LogP contribution >= 0.6 is 0 Å². The summed E-state index contributed by atoms with van der Waals surface area (Å²) < 4.78 is 2.04. The normalized spacial score (nSPS) is 20.6. The number of hydrogen-bond acceptors (Lipinski definition) is 4. The zero-order chi connectivity index (χ0) is 18.2. The Bertz CT molecular complexity index is 1060. The molecular weight excluding hydrogens is 336 g/mol. The van der Waals surface area contributed by atoms with Gasteiger partial charge in [-0.3, -0.25) is 9.88 Å². The van der Waals surface area contributed by atoms with Gasteiger partial charge in [-0.15, -0.1) is 0 Å². The smallest absolute Gasteiger partial charge is 0.137 e. The van der Waals surface area contributed by atoms with E-state index in [-0.39, 0.29) is 12.0 Å². The lowest BCUT2D eigenvalue weighted by Crippen LogP contribution is -2.21. The molecule has 0 bridgehead atoms. The van der Waals surface area contributed by atoms with Crippen LogP contribution in [0.4, 0.5) is 0 Å². The van der Waals surface area contributed by atoms with Crippen molar-refractivity contribution in [1.82, 2.24) is 19.3 Å². The molecule has 0 radical (unpaired) electrons. The second-order valence-corrected chi connectivity index (χ2v) is 7.42. The molecule has 4 aromatic rings. The lowest BCUT2D eigenvalue weighted by atomic mass is 9.99. The molecule has 0 amide bonds. The number of benzene rings is 1. The zero-order valence-corrected chi connectivity index (χ0v) is 15.1. The maximum absolute atomic E-state index is 10.6. The molecule has 2 atom stereocenters. The molecule has 0 unspecified atom stereocenters. The van der Waals surface area contributed by atoms with Crippen molar-refractivity contribution in [3.05, 3.63) is 78.4 Å². The molecule has 1 aromatic carbocycles. The average molecular weight is 358 g/mol. The second kappa shape index (κ2) is 6.76. The number of rotatable bonds is 4. The summed E-state index contributed by atoms with van der Waals surface area (Å²) in [5.41, 5.74) is 4.07. The highest BCUT2D eigenvalue weighted by molar-refractivity contribution is 5.78. The molecule has 0 saturated carbocycles. The number of nitrogens with zero attached hydrogens (tertiary/aromatic N) is 4. The van der Waals surface area contributed by atoms with Crippen molar-refractivity contribution in [2.45, 2.75) is 19.1 Å². The van der Waals surface area contributed by atoms with E-state index in [1.807, 2.05) is 47.0 Å². The third kappa shape index (κ3) is 3.31. The topological polar surface area (TPSA) is 53.7 Å². The van der Waals surface area contributed by atoms with Gasteiger partial charge in [-0.2, -0.15) is 0 Å². The van der Waals surface area contributed by atoms with Crippen molar-refractivity contribution in [2.75, 3.05) is 13.1 Å². The summed E-state index contributed by atoms with van der Waals surface area (Å²) in [5.74, 6) is 0.204. The van der Waals surface area contributed by atoms with Crippen molar-refractivity contribution in [3.8, 4) is 0 Å². The molecule has 1 fully saturated rings. The van der Waals surface area contributed by atoms with Crippen molar-refractivity contribution >= 4 is 16.6 Å². The molecule has 1 saturated heterocycles. The first-order valence-corrected chi connectivity index (χ1v) is 9.42. The minimum absolute atomic E-state index is 0.204. The van der Waals surface area contributed by atoms with Crippen molar-refractivity contribution in [3.63, 3.8) is 0 Å². The lowest BCUT2D eigenvalue weighted by molar-refractivity contribution is 0.140. The van der Waals surface area contributed by atoms with Gasteiger partial charge in [-0.05, 0) is 30.7 Å². The van der Waals surface area contributed by atoms with E-state index in [2.05, 4.69) is 34.3 Å². The molecule has 136 valence electrons. The molecule has 1 aliphatic heterocycles. The SMILES string of the molecule is O[C@@H]1CN(Cc2cn3ccccc3n2)C[C@H]1Cc1ccc2ccccc2n1. The second-order valence-electron chi connectivity index (χ2n) is 7.42. The summed E-state index contributed by atoms with van der Waals surface area (Å²) in [5, 5.41) is 11.7. The highest BCUT2D eigenvalue weighted by Crippen LogP contribution is 2.23. The molecule has 1 aliphatic rings. The Hall–Kier alpha value is -2.76. The molecule has 3 aromatic heterocycles. The van der Waals surface area contributed by atoms with Gasteiger partial charge in [-0.1, -0.05) is 30.3 Å². The van der Waals surface area contributed by atoms with Gasteiger partial charge < -0.3 is 9.51 Å². The zero-order valence-electron chi connectivity index (χ0n) is 15.1. The van der Waals surface area contributed by atoms with Crippen LogP contribution in [0.5, 0.6) is 0 Å². The van der Waals surface area contributed by atoms with E-state index in [0.717, 1.165) is 47.4 Å². The first-order chi connectivity index (χ1) is 13.2. The standard InChI is InChI=1S/C22H22N4O/c27-21-15-25(13-19-14-26-10-4-3-7-22(26)24-19)12-17(21)11-18-9-8-16-5-1-2-6-20(16)23-18/h1-10,14,17,21,27H,11-13,15H2/t17-,21-/m1/s1. The molecular formula is C22H22N4O. The summed E-state index contributed by atoms with van der Waals surface area (Å²) in [6.45, 7) is 2.32. The molecule has 27 heavy (non-hydrogen) atoms. The number of β-amino-alcohol motifs (C(OH)–C–C–N with tert-alkyl or cyclic N) is 1. The fourth-order valence-corrected chi connectivity index (χ4v) is 4.05. The van der Waals surface area contributed by atoms with E-state index >= 15 is 0 Å². The van der Waals surface area contributed by atoms with Gasteiger partial charge >= 0.3 is 0 Å².